The van der Waals surface area contributed by atoms with Gasteiger partial charge < -0.3 is 30.2 Å². The van der Waals surface area contributed by atoms with E-state index in [0.717, 1.165) is 17.7 Å². The van der Waals surface area contributed by atoms with Gasteiger partial charge in [0.1, 0.15) is 17.9 Å². The van der Waals surface area contributed by atoms with Crippen molar-refractivity contribution >= 4 is 39.7 Å². The number of hydrogen-bond acceptors (Lipinski definition) is 8. The first-order valence-electron chi connectivity index (χ1n) is 11.9. The summed E-state index contributed by atoms with van der Waals surface area (Å²) < 4.78 is 21.5. The van der Waals surface area contributed by atoms with Crippen LogP contribution in [0.15, 0.2) is 49.4 Å². The van der Waals surface area contributed by atoms with Gasteiger partial charge in [-0.3, -0.25) is 4.79 Å². The second-order valence-electron chi connectivity index (χ2n) is 9.21. The van der Waals surface area contributed by atoms with E-state index in [1.807, 2.05) is 49.9 Å². The lowest BCUT2D eigenvalue weighted by atomic mass is 10.0. The van der Waals surface area contributed by atoms with Crippen molar-refractivity contribution in [3.05, 3.63) is 60.8 Å². The molecular weight excluding hydrogens is 487 g/mol. The van der Waals surface area contributed by atoms with E-state index >= 15 is 0 Å². The van der Waals surface area contributed by atoms with E-state index in [1.165, 1.54) is 18.5 Å². The maximum absolute atomic E-state index is 14.0. The third-order valence-corrected chi connectivity index (χ3v) is 6.24. The Hall–Kier alpha value is -4.51. The highest BCUT2D eigenvalue weighted by molar-refractivity contribution is 6.19. The number of rotatable bonds is 10. The van der Waals surface area contributed by atoms with Crippen LogP contribution in [0.1, 0.15) is 5.56 Å². The second-order valence-corrected chi connectivity index (χ2v) is 9.21. The van der Waals surface area contributed by atoms with Crippen LogP contribution in [-0.4, -0.2) is 71.7 Å². The summed E-state index contributed by atoms with van der Waals surface area (Å²) in [4.78, 5) is 29.3. The number of ether oxygens (including phenoxy) is 1. The Kier molecular flexibility index (Phi) is 7.58. The fraction of sp³-hybridized carbons (Fsp3) is 0.259. The van der Waals surface area contributed by atoms with Crippen molar-refractivity contribution in [2.45, 2.75) is 0 Å². The number of halogens is 1. The number of nitrogens with one attached hydrogen (secondary N) is 1. The van der Waals surface area contributed by atoms with E-state index in [4.69, 9.17) is 10.5 Å². The molecule has 0 aliphatic rings. The molecular formula is C27H31FN8O2. The van der Waals surface area contributed by atoms with Gasteiger partial charge in [-0.25, -0.2) is 14.4 Å². The van der Waals surface area contributed by atoms with E-state index in [0.29, 0.717) is 40.3 Å². The van der Waals surface area contributed by atoms with Gasteiger partial charge in [-0.1, -0.05) is 6.58 Å². The molecule has 0 saturated carbocycles. The van der Waals surface area contributed by atoms with Crippen LogP contribution >= 0.6 is 0 Å². The summed E-state index contributed by atoms with van der Waals surface area (Å²) >= 11 is 0. The highest BCUT2D eigenvalue weighted by Crippen LogP contribution is 2.38. The van der Waals surface area contributed by atoms with Gasteiger partial charge >= 0.3 is 0 Å². The van der Waals surface area contributed by atoms with Crippen LogP contribution in [0.3, 0.4) is 0 Å². The molecule has 2 aromatic carbocycles. The number of fused-ring (bicyclic) bond motifs is 1. The van der Waals surface area contributed by atoms with Crippen molar-refractivity contribution in [3.8, 4) is 17.1 Å². The van der Waals surface area contributed by atoms with Crippen LogP contribution in [-0.2, 0) is 11.8 Å². The van der Waals surface area contributed by atoms with Crippen molar-refractivity contribution in [1.82, 2.24) is 24.4 Å². The van der Waals surface area contributed by atoms with Gasteiger partial charge in [0.25, 0.3) is 0 Å². The summed E-state index contributed by atoms with van der Waals surface area (Å²) in [5.74, 6) is 0.145. The number of methoxy groups -OCH3 is 1. The van der Waals surface area contributed by atoms with Crippen molar-refractivity contribution in [3.63, 3.8) is 0 Å². The number of amides is 1. The molecule has 3 N–H and O–H groups in total. The molecule has 0 aliphatic heterocycles. The lowest BCUT2D eigenvalue weighted by Crippen LogP contribution is -2.29. The predicted octanol–water partition coefficient (Wildman–Crippen LogP) is 3.42. The summed E-state index contributed by atoms with van der Waals surface area (Å²) in [6.45, 7) is 5.40. The second kappa shape index (κ2) is 10.9. The number of aromatic nitrogens is 4. The molecule has 0 saturated heterocycles. The molecule has 0 fully saturated rings. The number of aryl methyl sites for hydroxylation is 1. The van der Waals surface area contributed by atoms with Gasteiger partial charge in [-0.15, -0.1) is 0 Å². The predicted molar refractivity (Wildman–Crippen MR) is 148 cm³/mol. The van der Waals surface area contributed by atoms with Gasteiger partial charge in [-0.2, -0.15) is 4.98 Å². The van der Waals surface area contributed by atoms with Gasteiger partial charge in [0.2, 0.25) is 11.9 Å². The van der Waals surface area contributed by atoms with E-state index < -0.39 is 5.91 Å². The van der Waals surface area contributed by atoms with E-state index in [1.54, 1.807) is 19.2 Å². The topological polar surface area (TPSA) is 114 Å². The Bertz CT molecular complexity index is 1510. The Morgan fingerprint density at radius 2 is 1.95 bits per heavy atom. The Labute approximate surface area is 220 Å². The molecule has 2 aromatic heterocycles. The van der Waals surface area contributed by atoms with E-state index in [9.17, 15) is 9.18 Å². The lowest BCUT2D eigenvalue weighted by Gasteiger charge is -2.26. The van der Waals surface area contributed by atoms with Gasteiger partial charge in [0, 0.05) is 72.7 Å². The molecule has 0 bridgehead atoms. The quantitative estimate of drug-likeness (QED) is 0.307. The fourth-order valence-electron chi connectivity index (χ4n) is 4.15. The van der Waals surface area contributed by atoms with E-state index in [2.05, 4.69) is 31.7 Å². The molecule has 11 heteroatoms. The minimum Gasteiger partial charge on any atom is -0.494 e. The number of likely N-dealkylation sites (N-methyl/N-ethyl adjacent to an activating group) is 2. The summed E-state index contributed by atoms with van der Waals surface area (Å²) in [7, 11) is 9.33. The van der Waals surface area contributed by atoms with Crippen molar-refractivity contribution in [2.75, 3.05) is 51.6 Å². The number of carbonyl (C=O) groups excluding carboxylic acids is 1. The average molecular weight is 519 g/mol. The molecule has 198 valence electrons. The first kappa shape index (κ1) is 26.6. The number of hydrogen-bond donors (Lipinski definition) is 2. The number of benzene rings is 2. The zero-order chi connectivity index (χ0) is 27.6. The number of carbonyl (C=O) groups is 1. The smallest absolute Gasteiger partial charge is 0.248 e. The standard InChI is InChI=1S/C27H31FN8O2/c1-16(25(29)37)18-12-21(24(38-6)13-23(18)35(4)10-9-34(2)3)32-27-31-15-30-26(33-27)20-14-36(5)22-8-7-17(28)11-19(20)22/h7-8,11-15H,1,9-10H2,2-6H3,(H2,29,37)(H,30,31,32,33). The molecule has 0 atom stereocenters. The first-order valence-corrected chi connectivity index (χ1v) is 11.9. The zero-order valence-corrected chi connectivity index (χ0v) is 22.1. The minimum absolute atomic E-state index is 0.163. The molecule has 1 amide bonds. The summed E-state index contributed by atoms with van der Waals surface area (Å²) in [5, 5.41) is 3.85. The molecule has 4 aromatic rings. The third kappa shape index (κ3) is 5.42. The SMILES string of the molecule is C=C(C(N)=O)c1cc(Nc2ncnc(-c3cn(C)c4ccc(F)cc34)n2)c(OC)cc1N(C)CCN(C)C. The van der Waals surface area contributed by atoms with Crippen LogP contribution < -0.4 is 20.7 Å². The molecule has 0 unspecified atom stereocenters. The number of anilines is 3. The zero-order valence-electron chi connectivity index (χ0n) is 22.1. The van der Waals surface area contributed by atoms with E-state index in [-0.39, 0.29) is 17.3 Å². The minimum atomic E-state index is -0.631. The monoisotopic (exact) mass is 518 g/mol. The van der Waals surface area contributed by atoms with Crippen LogP contribution in [0.2, 0.25) is 0 Å². The Morgan fingerprint density at radius 3 is 2.63 bits per heavy atom. The molecule has 10 nitrogen and oxygen atoms in total. The molecule has 2 heterocycles. The molecule has 38 heavy (non-hydrogen) atoms. The van der Waals surface area contributed by atoms with Crippen molar-refractivity contribution < 1.29 is 13.9 Å². The maximum atomic E-state index is 14.0. The van der Waals surface area contributed by atoms with Crippen LogP contribution in [0.25, 0.3) is 27.9 Å². The fourth-order valence-corrected chi connectivity index (χ4v) is 4.15. The number of nitrogens with two attached hydrogens (primary N) is 1. The van der Waals surface area contributed by atoms with Crippen molar-refractivity contribution in [1.29, 1.82) is 0 Å². The van der Waals surface area contributed by atoms with Crippen molar-refractivity contribution in [2.24, 2.45) is 12.8 Å². The number of nitrogens with zero attached hydrogens (tertiary/aromatic N) is 6. The van der Waals surface area contributed by atoms with Gasteiger partial charge in [0.15, 0.2) is 5.82 Å². The summed E-state index contributed by atoms with van der Waals surface area (Å²) in [6.07, 6.45) is 3.22. The molecule has 0 spiro atoms. The Morgan fingerprint density at radius 1 is 1.18 bits per heavy atom. The third-order valence-electron chi connectivity index (χ3n) is 6.24. The van der Waals surface area contributed by atoms with Crippen LogP contribution in [0, 0.1) is 5.82 Å². The summed E-state index contributed by atoms with van der Waals surface area (Å²) in [6, 6.07) is 8.14. The van der Waals surface area contributed by atoms with Crippen LogP contribution in [0.4, 0.5) is 21.7 Å². The van der Waals surface area contributed by atoms with Gasteiger partial charge in [-0.05, 0) is 38.4 Å². The summed E-state index contributed by atoms with van der Waals surface area (Å²) in [5.41, 5.74) is 9.08. The normalized spacial score (nSPS) is 11.1. The van der Waals surface area contributed by atoms with Crippen LogP contribution in [0.5, 0.6) is 5.75 Å². The highest BCUT2D eigenvalue weighted by Gasteiger charge is 2.20. The largest absolute Gasteiger partial charge is 0.494 e. The number of primary amides is 1. The molecule has 4 rings (SSSR count). The average Bonchev–Trinajstić information content (AvgIpc) is 3.21. The van der Waals surface area contributed by atoms with Gasteiger partial charge in [0.05, 0.1) is 12.8 Å². The molecule has 0 radical (unpaired) electrons. The first-order chi connectivity index (χ1) is 18.1. The molecule has 0 aliphatic carbocycles. The lowest BCUT2D eigenvalue weighted by molar-refractivity contribution is -0.112. The highest BCUT2D eigenvalue weighted by atomic mass is 19.1. The maximum Gasteiger partial charge on any atom is 0.248 e. The Balaban J connectivity index is 1.75.